The maximum atomic E-state index is 13.6. The van der Waals surface area contributed by atoms with Crippen LogP contribution in [0.5, 0.6) is 0 Å². The van der Waals surface area contributed by atoms with Crippen molar-refractivity contribution in [3.63, 3.8) is 0 Å². The zero-order chi connectivity index (χ0) is 24.5. The number of benzene rings is 1. The highest BCUT2D eigenvalue weighted by Gasteiger charge is 2.44. The van der Waals surface area contributed by atoms with Crippen LogP contribution in [-0.2, 0) is 17.5 Å². The molecule has 0 aromatic heterocycles. The van der Waals surface area contributed by atoms with Gasteiger partial charge in [0.2, 0.25) is 5.91 Å². The molecule has 0 bridgehead atoms. The van der Waals surface area contributed by atoms with Crippen molar-refractivity contribution < 1.29 is 32.3 Å². The predicted molar refractivity (Wildman–Crippen MR) is 114 cm³/mol. The molecule has 3 rings (SSSR count). The Morgan fingerprint density at radius 2 is 1.94 bits per heavy atom. The van der Waals surface area contributed by atoms with Crippen LogP contribution < -0.4 is 5.32 Å². The summed E-state index contributed by atoms with van der Waals surface area (Å²) in [7, 11) is 1.39. The fraction of sp³-hybridized carbons (Fsp3) is 0.652. The van der Waals surface area contributed by atoms with Crippen LogP contribution in [0.2, 0.25) is 0 Å². The van der Waals surface area contributed by atoms with E-state index in [0.29, 0.717) is 31.0 Å². The van der Waals surface area contributed by atoms with Gasteiger partial charge in [0, 0.05) is 32.7 Å². The summed E-state index contributed by atoms with van der Waals surface area (Å²) >= 11 is 0. The van der Waals surface area contributed by atoms with Gasteiger partial charge in [0.05, 0.1) is 5.56 Å². The van der Waals surface area contributed by atoms with E-state index in [0.717, 1.165) is 29.9 Å². The lowest BCUT2D eigenvalue weighted by atomic mass is 9.96. The first-order valence-corrected chi connectivity index (χ1v) is 11.2. The number of alkyl halides is 3. The van der Waals surface area contributed by atoms with Crippen LogP contribution >= 0.6 is 0 Å². The predicted octanol–water partition coefficient (Wildman–Crippen LogP) is 4.20. The average Bonchev–Trinajstić information content (AvgIpc) is 3.27. The second-order valence-electron chi connectivity index (χ2n) is 9.66. The molecule has 184 valence electrons. The fourth-order valence-electron chi connectivity index (χ4n) is 5.11. The SMILES string of the molecule is CC(C)CC(C(=O)N[C@@H]1CC[C@H]2CN(Cc3ccc(F)c(C(F)(F)F)c3)C[C@H]21)N(C)C(=O)O. The van der Waals surface area contributed by atoms with Gasteiger partial charge in [0.15, 0.2) is 0 Å². The fourth-order valence-corrected chi connectivity index (χ4v) is 5.11. The Balaban J connectivity index is 1.64. The molecule has 1 aromatic rings. The maximum absolute atomic E-state index is 13.6. The lowest BCUT2D eigenvalue weighted by molar-refractivity contribution is -0.140. The molecular weight excluding hydrogens is 442 g/mol. The van der Waals surface area contributed by atoms with Gasteiger partial charge in [-0.05, 0) is 54.7 Å². The van der Waals surface area contributed by atoms with E-state index in [4.69, 9.17) is 0 Å². The Hall–Kier alpha value is -2.36. The molecular formula is C23H31F4N3O3. The van der Waals surface area contributed by atoms with Crippen molar-refractivity contribution in [2.75, 3.05) is 20.1 Å². The molecule has 33 heavy (non-hydrogen) atoms. The first-order valence-electron chi connectivity index (χ1n) is 11.2. The van der Waals surface area contributed by atoms with Crippen molar-refractivity contribution in [3.05, 3.63) is 35.1 Å². The van der Waals surface area contributed by atoms with E-state index < -0.39 is 29.7 Å². The zero-order valence-electron chi connectivity index (χ0n) is 19.0. The molecule has 0 spiro atoms. The minimum Gasteiger partial charge on any atom is -0.465 e. The van der Waals surface area contributed by atoms with Gasteiger partial charge in [-0.1, -0.05) is 19.9 Å². The monoisotopic (exact) mass is 473 g/mol. The number of amides is 2. The zero-order valence-corrected chi connectivity index (χ0v) is 19.0. The van der Waals surface area contributed by atoms with Crippen LogP contribution in [0.3, 0.4) is 0 Å². The summed E-state index contributed by atoms with van der Waals surface area (Å²) in [6.45, 7) is 5.43. The van der Waals surface area contributed by atoms with Gasteiger partial charge in [-0.2, -0.15) is 13.2 Å². The number of likely N-dealkylation sites (tertiary alicyclic amines) is 1. The smallest absolute Gasteiger partial charge is 0.419 e. The van der Waals surface area contributed by atoms with Crippen molar-refractivity contribution in [3.8, 4) is 0 Å². The van der Waals surface area contributed by atoms with Crippen molar-refractivity contribution >= 4 is 12.0 Å². The standard InChI is InChI=1S/C23H31F4N3O3/c1-13(2)8-20(29(3)22(32)33)21(31)28-19-7-5-15-11-30(12-16(15)19)10-14-4-6-18(24)17(9-14)23(25,26)27/h4,6,9,13,15-16,19-20H,5,7-8,10-12H2,1-3H3,(H,28,31)(H,32,33)/t15-,16+,19+,20?/m0/s1. The van der Waals surface area contributed by atoms with Crippen molar-refractivity contribution in [2.45, 2.75) is 57.9 Å². The summed E-state index contributed by atoms with van der Waals surface area (Å²) < 4.78 is 52.6. The van der Waals surface area contributed by atoms with Gasteiger partial charge < -0.3 is 10.4 Å². The number of hydrogen-bond donors (Lipinski definition) is 2. The summed E-state index contributed by atoms with van der Waals surface area (Å²) in [6, 6.07) is 2.20. The summed E-state index contributed by atoms with van der Waals surface area (Å²) in [4.78, 5) is 27.4. The highest BCUT2D eigenvalue weighted by molar-refractivity contribution is 5.85. The molecule has 1 unspecified atom stereocenters. The third-order valence-electron chi connectivity index (χ3n) is 6.77. The Bertz CT molecular complexity index is 877. The van der Waals surface area contributed by atoms with Crippen LogP contribution in [0.4, 0.5) is 22.4 Å². The molecule has 1 aliphatic heterocycles. The molecule has 2 N–H and O–H groups in total. The quantitative estimate of drug-likeness (QED) is 0.583. The van der Waals surface area contributed by atoms with Crippen LogP contribution in [0.1, 0.15) is 44.2 Å². The lowest BCUT2D eigenvalue weighted by Gasteiger charge is -2.29. The largest absolute Gasteiger partial charge is 0.465 e. The Morgan fingerprint density at radius 3 is 2.55 bits per heavy atom. The third kappa shape index (κ3) is 5.96. The van der Waals surface area contributed by atoms with Crippen LogP contribution in [-0.4, -0.2) is 59.1 Å². The molecule has 10 heteroatoms. The average molecular weight is 474 g/mol. The lowest BCUT2D eigenvalue weighted by Crippen LogP contribution is -2.51. The van der Waals surface area contributed by atoms with Gasteiger partial charge in [-0.3, -0.25) is 14.6 Å². The molecule has 1 aliphatic carbocycles. The molecule has 1 saturated heterocycles. The van der Waals surface area contributed by atoms with Crippen LogP contribution in [0.15, 0.2) is 18.2 Å². The van der Waals surface area contributed by atoms with Crippen molar-refractivity contribution in [1.82, 2.24) is 15.1 Å². The van der Waals surface area contributed by atoms with Crippen molar-refractivity contribution in [1.29, 1.82) is 0 Å². The van der Waals surface area contributed by atoms with Gasteiger partial charge in [0.1, 0.15) is 11.9 Å². The first kappa shape index (κ1) is 25.3. The summed E-state index contributed by atoms with van der Waals surface area (Å²) in [6.07, 6.45) is -3.83. The summed E-state index contributed by atoms with van der Waals surface area (Å²) in [5, 5.41) is 12.4. The number of likely N-dealkylation sites (N-methyl/N-ethyl adjacent to an activating group) is 1. The van der Waals surface area contributed by atoms with Gasteiger partial charge in [-0.15, -0.1) is 0 Å². The molecule has 2 fully saturated rings. The number of fused-ring (bicyclic) bond motifs is 1. The van der Waals surface area contributed by atoms with Gasteiger partial charge in [-0.25, -0.2) is 9.18 Å². The second kappa shape index (κ2) is 9.87. The van der Waals surface area contributed by atoms with E-state index in [1.807, 2.05) is 18.7 Å². The topological polar surface area (TPSA) is 72.9 Å². The molecule has 1 heterocycles. The van der Waals surface area contributed by atoms with E-state index in [2.05, 4.69) is 5.32 Å². The summed E-state index contributed by atoms with van der Waals surface area (Å²) in [5.41, 5.74) is -0.868. The Morgan fingerprint density at radius 1 is 1.24 bits per heavy atom. The van der Waals surface area contributed by atoms with E-state index in [9.17, 15) is 32.3 Å². The molecule has 2 amide bonds. The number of hydrogen-bond acceptors (Lipinski definition) is 3. The van der Waals surface area contributed by atoms with E-state index >= 15 is 0 Å². The van der Waals surface area contributed by atoms with E-state index in [1.54, 1.807) is 0 Å². The second-order valence-corrected chi connectivity index (χ2v) is 9.66. The molecule has 1 saturated carbocycles. The number of carbonyl (C=O) groups excluding carboxylic acids is 1. The third-order valence-corrected chi connectivity index (χ3v) is 6.77. The molecule has 1 aromatic carbocycles. The van der Waals surface area contributed by atoms with Gasteiger partial charge in [0.25, 0.3) is 0 Å². The van der Waals surface area contributed by atoms with Crippen molar-refractivity contribution in [2.24, 2.45) is 17.8 Å². The van der Waals surface area contributed by atoms with Gasteiger partial charge >= 0.3 is 12.3 Å². The first-order chi connectivity index (χ1) is 15.4. The van der Waals surface area contributed by atoms with Crippen LogP contribution in [0.25, 0.3) is 0 Å². The molecule has 4 atom stereocenters. The van der Waals surface area contributed by atoms with E-state index in [-0.39, 0.29) is 30.3 Å². The number of rotatable bonds is 7. The number of nitrogens with zero attached hydrogens (tertiary/aromatic N) is 2. The number of carboxylic acid groups (broad SMARTS) is 1. The summed E-state index contributed by atoms with van der Waals surface area (Å²) in [5.74, 6) is -1.01. The minimum atomic E-state index is -4.74. The Kier molecular flexibility index (Phi) is 7.55. The van der Waals surface area contributed by atoms with E-state index in [1.165, 1.54) is 13.1 Å². The number of halogens is 4. The number of nitrogens with one attached hydrogen (secondary N) is 1. The normalized spacial score (nSPS) is 24.1. The molecule has 0 radical (unpaired) electrons. The maximum Gasteiger partial charge on any atom is 0.419 e. The van der Waals surface area contributed by atoms with Crippen LogP contribution in [0, 0.1) is 23.6 Å². The highest BCUT2D eigenvalue weighted by atomic mass is 19.4. The molecule has 2 aliphatic rings. The Labute approximate surface area is 190 Å². The minimum absolute atomic E-state index is 0.108. The molecule has 6 nitrogen and oxygen atoms in total. The highest BCUT2D eigenvalue weighted by Crippen LogP contribution is 2.39. The number of carbonyl (C=O) groups is 2.